The predicted octanol–water partition coefficient (Wildman–Crippen LogP) is -0.598. The van der Waals surface area contributed by atoms with Gasteiger partial charge in [-0.3, -0.25) is 4.90 Å². The number of rotatable bonds is 3. The van der Waals surface area contributed by atoms with Gasteiger partial charge in [-0.15, -0.1) is 0 Å². The molecule has 0 bridgehead atoms. The summed E-state index contributed by atoms with van der Waals surface area (Å²) in [6, 6.07) is 0. The van der Waals surface area contributed by atoms with Gasteiger partial charge in [0.05, 0.1) is 6.61 Å². The van der Waals surface area contributed by atoms with Gasteiger partial charge in [0.25, 0.3) is 0 Å². The summed E-state index contributed by atoms with van der Waals surface area (Å²) in [5.74, 6) is 0. The fourth-order valence-corrected chi connectivity index (χ4v) is 1.37. The van der Waals surface area contributed by atoms with E-state index >= 15 is 0 Å². The zero-order valence-corrected chi connectivity index (χ0v) is 6.51. The van der Waals surface area contributed by atoms with Crippen LogP contribution in [0.3, 0.4) is 0 Å². The SMILES string of the molecule is CCC1(N)CN(CCO)C1. The van der Waals surface area contributed by atoms with E-state index < -0.39 is 0 Å². The monoisotopic (exact) mass is 144 g/mol. The van der Waals surface area contributed by atoms with Gasteiger partial charge >= 0.3 is 0 Å². The number of nitrogens with two attached hydrogens (primary N) is 1. The second-order valence-electron chi connectivity index (χ2n) is 3.15. The predicted molar refractivity (Wildman–Crippen MR) is 40.7 cm³/mol. The van der Waals surface area contributed by atoms with E-state index in [0.717, 1.165) is 26.1 Å². The Morgan fingerprint density at radius 3 is 2.60 bits per heavy atom. The molecule has 60 valence electrons. The van der Waals surface area contributed by atoms with Crippen LogP contribution >= 0.6 is 0 Å². The first-order valence-corrected chi connectivity index (χ1v) is 3.82. The third-order valence-corrected chi connectivity index (χ3v) is 2.20. The van der Waals surface area contributed by atoms with Gasteiger partial charge in [-0.2, -0.15) is 0 Å². The van der Waals surface area contributed by atoms with Crippen molar-refractivity contribution in [3.63, 3.8) is 0 Å². The largest absolute Gasteiger partial charge is 0.395 e. The van der Waals surface area contributed by atoms with Crippen LogP contribution in [0.25, 0.3) is 0 Å². The Morgan fingerprint density at radius 1 is 1.60 bits per heavy atom. The summed E-state index contributed by atoms with van der Waals surface area (Å²) in [5.41, 5.74) is 5.95. The van der Waals surface area contributed by atoms with E-state index in [1.54, 1.807) is 0 Å². The summed E-state index contributed by atoms with van der Waals surface area (Å²) in [6.45, 7) is 5.03. The van der Waals surface area contributed by atoms with E-state index in [-0.39, 0.29) is 12.1 Å². The van der Waals surface area contributed by atoms with Crippen LogP contribution in [0.2, 0.25) is 0 Å². The van der Waals surface area contributed by atoms with Crippen LogP contribution in [-0.4, -0.2) is 41.8 Å². The lowest BCUT2D eigenvalue weighted by atomic mass is 9.88. The Hall–Kier alpha value is -0.120. The molecule has 10 heavy (non-hydrogen) atoms. The third-order valence-electron chi connectivity index (χ3n) is 2.20. The zero-order valence-electron chi connectivity index (χ0n) is 6.51. The maximum Gasteiger partial charge on any atom is 0.0558 e. The summed E-state index contributed by atoms with van der Waals surface area (Å²) >= 11 is 0. The van der Waals surface area contributed by atoms with E-state index in [1.165, 1.54) is 0 Å². The van der Waals surface area contributed by atoms with Crippen LogP contribution in [0.4, 0.5) is 0 Å². The number of nitrogens with zero attached hydrogens (tertiary/aromatic N) is 1. The average molecular weight is 144 g/mol. The molecule has 0 spiro atoms. The molecular formula is C7H16N2O. The molecule has 0 saturated carbocycles. The quantitative estimate of drug-likeness (QED) is 0.556. The Bertz CT molecular complexity index is 110. The van der Waals surface area contributed by atoms with Crippen LogP contribution < -0.4 is 5.73 Å². The minimum absolute atomic E-state index is 0.0508. The molecule has 0 unspecified atom stereocenters. The number of aliphatic hydroxyl groups excluding tert-OH is 1. The highest BCUT2D eigenvalue weighted by atomic mass is 16.3. The number of aliphatic hydroxyl groups is 1. The van der Waals surface area contributed by atoms with Gasteiger partial charge in [0.2, 0.25) is 0 Å². The molecule has 0 aromatic heterocycles. The van der Waals surface area contributed by atoms with Crippen LogP contribution in [0.5, 0.6) is 0 Å². The number of hydrogen-bond acceptors (Lipinski definition) is 3. The molecule has 1 aliphatic heterocycles. The Labute approximate surface area is 61.8 Å². The summed E-state index contributed by atoms with van der Waals surface area (Å²) in [4.78, 5) is 2.17. The van der Waals surface area contributed by atoms with Gasteiger partial charge in [-0.1, -0.05) is 6.92 Å². The van der Waals surface area contributed by atoms with E-state index in [9.17, 15) is 0 Å². The molecule has 1 fully saturated rings. The van der Waals surface area contributed by atoms with E-state index in [2.05, 4.69) is 11.8 Å². The highest BCUT2D eigenvalue weighted by Crippen LogP contribution is 2.20. The highest BCUT2D eigenvalue weighted by molar-refractivity contribution is 4.98. The van der Waals surface area contributed by atoms with Crippen LogP contribution in [0.15, 0.2) is 0 Å². The standard InChI is InChI=1S/C7H16N2O/c1-2-7(8)5-9(6-7)3-4-10/h10H,2-6,8H2,1H3. The lowest BCUT2D eigenvalue weighted by Crippen LogP contribution is -2.67. The highest BCUT2D eigenvalue weighted by Gasteiger charge is 2.36. The molecule has 0 aromatic rings. The molecule has 0 atom stereocenters. The number of hydrogen-bond donors (Lipinski definition) is 2. The van der Waals surface area contributed by atoms with Crippen molar-refractivity contribution < 1.29 is 5.11 Å². The lowest BCUT2D eigenvalue weighted by Gasteiger charge is -2.47. The van der Waals surface area contributed by atoms with Gasteiger partial charge in [0.1, 0.15) is 0 Å². The molecule has 0 aliphatic carbocycles. The second kappa shape index (κ2) is 2.86. The van der Waals surface area contributed by atoms with Crippen molar-refractivity contribution in [2.75, 3.05) is 26.2 Å². The van der Waals surface area contributed by atoms with Crippen molar-refractivity contribution in [1.82, 2.24) is 4.90 Å². The van der Waals surface area contributed by atoms with Crippen LogP contribution in [0.1, 0.15) is 13.3 Å². The van der Waals surface area contributed by atoms with Crippen molar-refractivity contribution in [3.8, 4) is 0 Å². The van der Waals surface area contributed by atoms with Crippen molar-refractivity contribution in [2.24, 2.45) is 5.73 Å². The third kappa shape index (κ3) is 1.48. The molecule has 0 radical (unpaired) electrons. The zero-order chi connectivity index (χ0) is 7.61. The molecule has 0 aromatic carbocycles. The Balaban J connectivity index is 2.16. The molecular weight excluding hydrogens is 128 g/mol. The molecule has 3 heteroatoms. The fraction of sp³-hybridized carbons (Fsp3) is 1.00. The summed E-state index contributed by atoms with van der Waals surface area (Å²) < 4.78 is 0. The minimum Gasteiger partial charge on any atom is -0.395 e. The first-order chi connectivity index (χ1) is 4.70. The van der Waals surface area contributed by atoms with Gasteiger partial charge in [-0.05, 0) is 6.42 Å². The van der Waals surface area contributed by atoms with E-state index in [1.807, 2.05) is 0 Å². The van der Waals surface area contributed by atoms with Crippen molar-refractivity contribution in [2.45, 2.75) is 18.9 Å². The average Bonchev–Trinajstić information content (AvgIpc) is 1.85. The Morgan fingerprint density at radius 2 is 2.20 bits per heavy atom. The maximum atomic E-state index is 8.56. The second-order valence-corrected chi connectivity index (χ2v) is 3.15. The van der Waals surface area contributed by atoms with Crippen LogP contribution in [0, 0.1) is 0 Å². The summed E-state index contributed by atoms with van der Waals surface area (Å²) in [5, 5.41) is 8.56. The molecule has 3 nitrogen and oxygen atoms in total. The molecule has 1 heterocycles. The summed E-state index contributed by atoms with van der Waals surface area (Å²) in [7, 11) is 0. The topological polar surface area (TPSA) is 49.5 Å². The van der Waals surface area contributed by atoms with Gasteiger partial charge < -0.3 is 10.8 Å². The van der Waals surface area contributed by atoms with Gasteiger partial charge in [-0.25, -0.2) is 0 Å². The minimum atomic E-state index is 0.0508. The number of β-amino-alcohol motifs (C(OH)–C–C–N with tert-alkyl or cyclic N) is 1. The molecule has 1 rings (SSSR count). The van der Waals surface area contributed by atoms with E-state index in [0.29, 0.717) is 0 Å². The lowest BCUT2D eigenvalue weighted by molar-refractivity contribution is 0.0515. The molecule has 1 aliphatic rings. The fourth-order valence-electron chi connectivity index (χ4n) is 1.37. The Kier molecular flexibility index (Phi) is 2.28. The summed E-state index contributed by atoms with van der Waals surface area (Å²) in [6.07, 6.45) is 1.04. The normalized spacial score (nSPS) is 24.3. The van der Waals surface area contributed by atoms with Gasteiger partial charge in [0.15, 0.2) is 0 Å². The van der Waals surface area contributed by atoms with Crippen molar-refractivity contribution in [1.29, 1.82) is 0 Å². The van der Waals surface area contributed by atoms with Crippen molar-refractivity contribution in [3.05, 3.63) is 0 Å². The van der Waals surface area contributed by atoms with E-state index in [4.69, 9.17) is 10.8 Å². The number of likely N-dealkylation sites (tertiary alicyclic amines) is 1. The first kappa shape index (κ1) is 7.98. The molecule has 0 amide bonds. The molecule has 3 N–H and O–H groups in total. The first-order valence-electron chi connectivity index (χ1n) is 3.82. The maximum absolute atomic E-state index is 8.56. The smallest absolute Gasteiger partial charge is 0.0558 e. The van der Waals surface area contributed by atoms with Crippen molar-refractivity contribution >= 4 is 0 Å². The van der Waals surface area contributed by atoms with Gasteiger partial charge in [0, 0.05) is 25.2 Å². The molecule has 1 saturated heterocycles. The van der Waals surface area contributed by atoms with Crippen LogP contribution in [-0.2, 0) is 0 Å².